The van der Waals surface area contributed by atoms with Gasteiger partial charge in [-0.25, -0.2) is 17.5 Å². The van der Waals surface area contributed by atoms with Crippen LogP contribution in [0.4, 0.5) is 0 Å². The number of aliphatic carboxylic acids is 1. The van der Waals surface area contributed by atoms with Crippen molar-refractivity contribution in [2.75, 3.05) is 27.7 Å². The van der Waals surface area contributed by atoms with Crippen LogP contribution in [0.2, 0.25) is 0 Å². The number of sulfonamides is 1. The number of carbonyl (C=O) groups excluding carboxylic acids is 1. The average molecular weight is 356 g/mol. The minimum absolute atomic E-state index is 0.115. The summed E-state index contributed by atoms with van der Waals surface area (Å²) >= 11 is 0. The minimum atomic E-state index is -3.81. The highest BCUT2D eigenvalue weighted by Gasteiger charge is 2.35. The molecule has 1 aromatic rings. The van der Waals surface area contributed by atoms with E-state index in [1.165, 1.54) is 44.3 Å². The summed E-state index contributed by atoms with van der Waals surface area (Å²) in [6, 6.07) is 3.18. The maximum absolute atomic E-state index is 12.6. The molecule has 0 bridgehead atoms. The summed E-state index contributed by atoms with van der Waals surface area (Å²) in [5.74, 6) is -1.44. The Hall–Kier alpha value is -2.13. The number of amides is 1. The van der Waals surface area contributed by atoms with Crippen molar-refractivity contribution in [2.24, 2.45) is 0 Å². The van der Waals surface area contributed by atoms with Crippen molar-refractivity contribution in [1.29, 1.82) is 0 Å². The van der Waals surface area contributed by atoms with Crippen molar-refractivity contribution in [3.05, 3.63) is 23.8 Å². The number of rotatable bonds is 5. The zero-order chi connectivity index (χ0) is 18.1. The number of hydrogen-bond donors (Lipinski definition) is 1. The quantitative estimate of drug-likeness (QED) is 0.830. The van der Waals surface area contributed by atoms with Gasteiger partial charge in [-0.3, -0.25) is 4.79 Å². The molecule has 1 heterocycles. The van der Waals surface area contributed by atoms with Gasteiger partial charge in [0.05, 0.1) is 7.11 Å². The summed E-state index contributed by atoms with van der Waals surface area (Å²) in [7, 11) is 0.290. The van der Waals surface area contributed by atoms with Crippen molar-refractivity contribution in [3.8, 4) is 5.75 Å². The van der Waals surface area contributed by atoms with Gasteiger partial charge in [-0.1, -0.05) is 0 Å². The lowest BCUT2D eigenvalue weighted by Gasteiger charge is -2.22. The number of carbonyl (C=O) groups is 2. The molecular weight excluding hydrogens is 336 g/mol. The smallest absolute Gasteiger partial charge is 0.326 e. The summed E-state index contributed by atoms with van der Waals surface area (Å²) in [6.45, 7) is 0.331. The first-order chi connectivity index (χ1) is 11.2. The van der Waals surface area contributed by atoms with Gasteiger partial charge in [-0.05, 0) is 31.0 Å². The van der Waals surface area contributed by atoms with Gasteiger partial charge in [0.1, 0.15) is 16.7 Å². The van der Waals surface area contributed by atoms with E-state index in [1.54, 1.807) is 0 Å². The van der Waals surface area contributed by atoms with Crippen LogP contribution in [0.15, 0.2) is 23.1 Å². The molecule has 132 valence electrons. The Morgan fingerprint density at radius 2 is 2.00 bits per heavy atom. The molecular formula is C15H20N2O6S. The molecule has 0 spiro atoms. The zero-order valence-electron chi connectivity index (χ0n) is 13.7. The maximum atomic E-state index is 12.6. The fraction of sp³-hybridized carbons (Fsp3) is 0.467. The lowest BCUT2D eigenvalue weighted by atomic mass is 10.1. The topological polar surface area (TPSA) is 104 Å². The molecule has 1 N–H and O–H groups in total. The fourth-order valence-corrected chi connectivity index (χ4v) is 3.72. The Kier molecular flexibility index (Phi) is 5.14. The predicted molar refractivity (Wildman–Crippen MR) is 85.6 cm³/mol. The molecule has 1 amide bonds. The van der Waals surface area contributed by atoms with Gasteiger partial charge in [0.2, 0.25) is 10.0 Å². The molecule has 2 rings (SSSR count). The Morgan fingerprint density at radius 1 is 1.33 bits per heavy atom. The van der Waals surface area contributed by atoms with Gasteiger partial charge in [0, 0.05) is 26.2 Å². The van der Waals surface area contributed by atoms with E-state index >= 15 is 0 Å². The second-order valence-electron chi connectivity index (χ2n) is 5.65. The highest BCUT2D eigenvalue weighted by Crippen LogP contribution is 2.28. The molecule has 1 atom stereocenters. The molecule has 0 radical (unpaired) electrons. The Labute approximate surface area is 140 Å². The number of hydrogen-bond acceptors (Lipinski definition) is 5. The van der Waals surface area contributed by atoms with E-state index in [0.717, 1.165) is 4.31 Å². The van der Waals surface area contributed by atoms with Gasteiger partial charge in [0.25, 0.3) is 5.91 Å². The van der Waals surface area contributed by atoms with Gasteiger partial charge in [-0.2, -0.15) is 0 Å². The van der Waals surface area contributed by atoms with Crippen molar-refractivity contribution in [2.45, 2.75) is 23.8 Å². The van der Waals surface area contributed by atoms with E-state index in [1.807, 2.05) is 0 Å². The molecule has 0 aromatic heterocycles. The van der Waals surface area contributed by atoms with Gasteiger partial charge >= 0.3 is 5.97 Å². The highest BCUT2D eigenvalue weighted by atomic mass is 32.2. The first kappa shape index (κ1) is 18.2. The number of methoxy groups -OCH3 is 1. The van der Waals surface area contributed by atoms with Crippen molar-refractivity contribution < 1.29 is 27.9 Å². The zero-order valence-corrected chi connectivity index (χ0v) is 14.5. The molecule has 1 aliphatic rings. The van der Waals surface area contributed by atoms with Crippen molar-refractivity contribution >= 4 is 21.9 Å². The van der Waals surface area contributed by atoms with Gasteiger partial charge < -0.3 is 14.7 Å². The van der Waals surface area contributed by atoms with Crippen LogP contribution in [-0.4, -0.2) is 68.4 Å². The first-order valence-electron chi connectivity index (χ1n) is 7.34. The summed E-state index contributed by atoms with van der Waals surface area (Å²) in [4.78, 5) is 25.0. The normalized spacial score (nSPS) is 18.0. The molecule has 9 heteroatoms. The lowest BCUT2D eigenvalue weighted by molar-refractivity contribution is -0.141. The molecule has 1 fully saturated rings. The fourth-order valence-electron chi connectivity index (χ4n) is 2.64. The highest BCUT2D eigenvalue weighted by molar-refractivity contribution is 7.89. The Morgan fingerprint density at radius 3 is 2.54 bits per heavy atom. The van der Waals surface area contributed by atoms with Crippen LogP contribution in [0.3, 0.4) is 0 Å². The Balaban J connectivity index is 2.46. The van der Waals surface area contributed by atoms with Crippen LogP contribution in [0.25, 0.3) is 0 Å². The number of carboxylic acid groups (broad SMARTS) is 1. The molecule has 1 aromatic carbocycles. The Bertz CT molecular complexity index is 759. The van der Waals surface area contributed by atoms with Crippen LogP contribution in [0.5, 0.6) is 5.75 Å². The van der Waals surface area contributed by atoms with E-state index in [4.69, 9.17) is 4.74 Å². The molecule has 1 aliphatic heterocycles. The lowest BCUT2D eigenvalue weighted by Crippen LogP contribution is -2.40. The summed E-state index contributed by atoms with van der Waals surface area (Å²) in [5.41, 5.74) is 0.115. The second-order valence-corrected chi connectivity index (χ2v) is 7.77. The molecule has 0 unspecified atom stereocenters. The van der Waals surface area contributed by atoms with Crippen LogP contribution in [0, 0.1) is 0 Å². The third-order valence-electron chi connectivity index (χ3n) is 3.97. The third-order valence-corrected chi connectivity index (χ3v) is 5.80. The van der Waals surface area contributed by atoms with Crippen LogP contribution in [0.1, 0.15) is 23.2 Å². The molecule has 0 saturated carbocycles. The largest absolute Gasteiger partial charge is 0.495 e. The number of benzene rings is 1. The first-order valence-corrected chi connectivity index (χ1v) is 8.78. The molecule has 0 aliphatic carbocycles. The van der Waals surface area contributed by atoms with E-state index in [9.17, 15) is 23.1 Å². The predicted octanol–water partition coefficient (Wildman–Crippen LogP) is 0.635. The second kappa shape index (κ2) is 6.78. The average Bonchev–Trinajstić information content (AvgIpc) is 3.03. The molecule has 8 nitrogen and oxygen atoms in total. The standard InChI is InChI=1S/C15H20N2O6S/c1-16(2)24(21,22)13-9-10(6-7-12(13)23-3)14(18)17-8-4-5-11(17)15(19)20/h6-7,9,11H,4-5,8H2,1-3H3,(H,19,20)/t11-/m1/s1. The third kappa shape index (κ3) is 3.22. The number of nitrogens with zero attached hydrogens (tertiary/aromatic N) is 2. The van der Waals surface area contributed by atoms with Crippen molar-refractivity contribution in [3.63, 3.8) is 0 Å². The molecule has 1 saturated heterocycles. The van der Waals surface area contributed by atoms with Gasteiger partial charge in [0.15, 0.2) is 0 Å². The van der Waals surface area contributed by atoms with Gasteiger partial charge in [-0.15, -0.1) is 0 Å². The maximum Gasteiger partial charge on any atom is 0.326 e. The summed E-state index contributed by atoms with van der Waals surface area (Å²) in [5, 5.41) is 9.20. The molecule has 24 heavy (non-hydrogen) atoms. The number of carboxylic acids is 1. The summed E-state index contributed by atoms with van der Waals surface area (Å²) < 4.78 is 30.9. The SMILES string of the molecule is COc1ccc(C(=O)N2CCC[C@@H]2C(=O)O)cc1S(=O)(=O)N(C)C. The van der Waals surface area contributed by atoms with E-state index in [2.05, 4.69) is 0 Å². The van der Waals surface area contributed by atoms with Crippen LogP contribution < -0.4 is 4.74 Å². The number of ether oxygens (including phenoxy) is 1. The minimum Gasteiger partial charge on any atom is -0.495 e. The van der Waals surface area contributed by atoms with E-state index in [-0.39, 0.29) is 16.2 Å². The number of likely N-dealkylation sites (tertiary alicyclic amines) is 1. The van der Waals surface area contributed by atoms with Crippen molar-refractivity contribution in [1.82, 2.24) is 9.21 Å². The van der Waals surface area contributed by atoms with Crippen LogP contribution >= 0.6 is 0 Å². The van der Waals surface area contributed by atoms with E-state index in [0.29, 0.717) is 19.4 Å². The van der Waals surface area contributed by atoms with Crippen LogP contribution in [-0.2, 0) is 14.8 Å². The summed E-state index contributed by atoms with van der Waals surface area (Å²) in [6.07, 6.45) is 0.988. The van der Waals surface area contributed by atoms with E-state index < -0.39 is 27.9 Å². The monoisotopic (exact) mass is 356 g/mol.